The van der Waals surface area contributed by atoms with Gasteiger partial charge in [0, 0.05) is 12.1 Å². The van der Waals surface area contributed by atoms with E-state index in [1.54, 1.807) is 6.07 Å². The van der Waals surface area contributed by atoms with Gasteiger partial charge in [0.2, 0.25) is 0 Å². The van der Waals surface area contributed by atoms with E-state index in [2.05, 4.69) is 9.97 Å². The lowest BCUT2D eigenvalue weighted by atomic mass is 10.2. The average molecular weight is 262 g/mol. The maximum absolute atomic E-state index is 13.7. The molecule has 19 heavy (non-hydrogen) atoms. The molecule has 0 fully saturated rings. The number of hydrogen-bond acceptors (Lipinski definition) is 1. The van der Waals surface area contributed by atoms with E-state index in [0.717, 1.165) is 5.56 Å². The zero-order valence-electron chi connectivity index (χ0n) is 9.97. The van der Waals surface area contributed by atoms with Gasteiger partial charge in [0.05, 0.1) is 16.6 Å². The van der Waals surface area contributed by atoms with Crippen LogP contribution in [0.5, 0.6) is 0 Å². The number of nitrogens with one attached hydrogen (secondary N) is 1. The van der Waals surface area contributed by atoms with Gasteiger partial charge in [0.15, 0.2) is 0 Å². The van der Waals surface area contributed by atoms with Crippen molar-refractivity contribution in [2.75, 3.05) is 0 Å². The molecule has 0 saturated heterocycles. The Labute approximate surface area is 106 Å². The largest absolute Gasteiger partial charge is 0.338 e. The molecule has 0 radical (unpaired) electrons. The van der Waals surface area contributed by atoms with Crippen LogP contribution in [0, 0.1) is 24.4 Å². The highest BCUT2D eigenvalue weighted by atomic mass is 19.1. The monoisotopic (exact) mass is 262 g/mol. The van der Waals surface area contributed by atoms with Crippen molar-refractivity contribution in [3.8, 4) is 11.4 Å². The fourth-order valence-corrected chi connectivity index (χ4v) is 2.06. The van der Waals surface area contributed by atoms with Crippen LogP contribution in [0.15, 0.2) is 30.3 Å². The normalized spacial score (nSPS) is 11.2. The maximum atomic E-state index is 13.7. The minimum atomic E-state index is -0.978. The van der Waals surface area contributed by atoms with Crippen LogP contribution >= 0.6 is 0 Å². The molecule has 3 aromatic rings. The van der Waals surface area contributed by atoms with Crippen LogP contribution in [0.2, 0.25) is 0 Å². The molecule has 0 spiro atoms. The van der Waals surface area contributed by atoms with E-state index in [-0.39, 0.29) is 11.4 Å². The summed E-state index contributed by atoms with van der Waals surface area (Å²) in [6, 6.07) is 6.70. The number of nitrogens with zero attached hydrogens (tertiary/aromatic N) is 1. The fraction of sp³-hybridized carbons (Fsp3) is 0.0714. The van der Waals surface area contributed by atoms with Gasteiger partial charge < -0.3 is 4.98 Å². The third kappa shape index (κ3) is 1.87. The van der Waals surface area contributed by atoms with Crippen LogP contribution in [0.1, 0.15) is 5.56 Å². The van der Waals surface area contributed by atoms with E-state index in [1.807, 2.05) is 19.1 Å². The van der Waals surface area contributed by atoms with E-state index in [1.165, 1.54) is 0 Å². The number of aromatic nitrogens is 2. The number of para-hydroxylation sites is 1. The Balaban J connectivity index is 2.28. The van der Waals surface area contributed by atoms with Crippen LogP contribution < -0.4 is 0 Å². The molecule has 0 bridgehead atoms. The molecule has 0 saturated carbocycles. The summed E-state index contributed by atoms with van der Waals surface area (Å²) in [7, 11) is 0. The predicted molar refractivity (Wildman–Crippen MR) is 66.1 cm³/mol. The first kappa shape index (κ1) is 11.8. The number of halogens is 3. The van der Waals surface area contributed by atoms with E-state index >= 15 is 0 Å². The second-order valence-electron chi connectivity index (χ2n) is 4.30. The molecule has 0 aliphatic heterocycles. The fourth-order valence-electron chi connectivity index (χ4n) is 2.06. The van der Waals surface area contributed by atoms with Gasteiger partial charge in [-0.2, -0.15) is 0 Å². The van der Waals surface area contributed by atoms with E-state index < -0.39 is 17.5 Å². The van der Waals surface area contributed by atoms with Gasteiger partial charge in [-0.05, 0) is 18.6 Å². The third-order valence-corrected chi connectivity index (χ3v) is 2.96. The van der Waals surface area contributed by atoms with Crippen molar-refractivity contribution >= 4 is 11.0 Å². The standard InChI is InChI=1S/C14H9F3N2/c1-7-3-2-4-11-13(7)19-14(18-11)12-9(16)5-8(15)6-10(12)17/h2-6H,1H3,(H,18,19). The molecule has 1 N–H and O–H groups in total. The van der Waals surface area contributed by atoms with Gasteiger partial charge in [-0.1, -0.05) is 12.1 Å². The van der Waals surface area contributed by atoms with Gasteiger partial charge in [-0.25, -0.2) is 18.2 Å². The van der Waals surface area contributed by atoms with Crippen LogP contribution in [-0.4, -0.2) is 9.97 Å². The molecule has 0 aliphatic carbocycles. The van der Waals surface area contributed by atoms with Gasteiger partial charge in [0.25, 0.3) is 0 Å². The van der Waals surface area contributed by atoms with Crippen molar-refractivity contribution in [2.45, 2.75) is 6.92 Å². The lowest BCUT2D eigenvalue weighted by Crippen LogP contribution is -1.93. The summed E-state index contributed by atoms with van der Waals surface area (Å²) >= 11 is 0. The number of aromatic amines is 1. The van der Waals surface area contributed by atoms with Crippen molar-refractivity contribution < 1.29 is 13.2 Å². The first-order valence-electron chi connectivity index (χ1n) is 5.66. The highest BCUT2D eigenvalue weighted by Crippen LogP contribution is 2.27. The summed E-state index contributed by atoms with van der Waals surface area (Å²) in [5.41, 5.74) is 1.86. The predicted octanol–water partition coefficient (Wildman–Crippen LogP) is 3.96. The number of rotatable bonds is 1. The van der Waals surface area contributed by atoms with Crippen LogP contribution in [0.25, 0.3) is 22.4 Å². The first-order chi connectivity index (χ1) is 9.06. The zero-order valence-corrected chi connectivity index (χ0v) is 9.97. The molecule has 5 heteroatoms. The summed E-state index contributed by atoms with van der Waals surface area (Å²) in [4.78, 5) is 7.02. The molecule has 0 unspecified atom stereocenters. The van der Waals surface area contributed by atoms with Crippen molar-refractivity contribution in [3.05, 3.63) is 53.3 Å². The Morgan fingerprint density at radius 2 is 1.74 bits per heavy atom. The second-order valence-corrected chi connectivity index (χ2v) is 4.30. The maximum Gasteiger partial charge on any atom is 0.144 e. The SMILES string of the molecule is Cc1cccc2[nH]c(-c3c(F)cc(F)cc3F)nc12. The molecule has 96 valence electrons. The van der Waals surface area contributed by atoms with Crippen LogP contribution in [0.4, 0.5) is 13.2 Å². The van der Waals surface area contributed by atoms with Crippen molar-refractivity contribution in [1.29, 1.82) is 0 Å². The highest BCUT2D eigenvalue weighted by molar-refractivity contribution is 5.82. The molecule has 0 amide bonds. The second kappa shape index (κ2) is 4.12. The zero-order chi connectivity index (χ0) is 13.6. The molecule has 2 aromatic carbocycles. The van der Waals surface area contributed by atoms with E-state index in [4.69, 9.17) is 0 Å². The lowest BCUT2D eigenvalue weighted by Gasteiger charge is -2.01. The number of H-pyrrole nitrogens is 1. The Bertz CT molecular complexity index is 754. The first-order valence-corrected chi connectivity index (χ1v) is 5.66. The topological polar surface area (TPSA) is 28.7 Å². The molecule has 2 nitrogen and oxygen atoms in total. The van der Waals surface area contributed by atoms with Crippen molar-refractivity contribution in [1.82, 2.24) is 9.97 Å². The number of imidazole rings is 1. The molecular formula is C14H9F3N2. The quantitative estimate of drug-likeness (QED) is 0.706. The van der Waals surface area contributed by atoms with Gasteiger partial charge in [-0.15, -0.1) is 0 Å². The summed E-state index contributed by atoms with van der Waals surface area (Å²) in [6.45, 7) is 1.85. The van der Waals surface area contributed by atoms with Crippen LogP contribution in [-0.2, 0) is 0 Å². The summed E-state index contributed by atoms with van der Waals surface area (Å²) in [5, 5.41) is 0. The Kier molecular flexibility index (Phi) is 2.55. The summed E-state index contributed by atoms with van der Waals surface area (Å²) < 4.78 is 40.3. The third-order valence-electron chi connectivity index (χ3n) is 2.96. The number of benzene rings is 2. The van der Waals surface area contributed by atoms with Gasteiger partial charge in [-0.3, -0.25) is 0 Å². The van der Waals surface area contributed by atoms with Gasteiger partial charge in [0.1, 0.15) is 23.3 Å². The minimum absolute atomic E-state index is 0.0549. The Morgan fingerprint density at radius 1 is 1.05 bits per heavy atom. The van der Waals surface area contributed by atoms with E-state index in [9.17, 15) is 13.2 Å². The molecule has 1 aromatic heterocycles. The summed E-state index contributed by atoms with van der Waals surface area (Å²) in [6.07, 6.45) is 0. The Morgan fingerprint density at radius 3 is 2.37 bits per heavy atom. The molecule has 0 atom stereocenters. The van der Waals surface area contributed by atoms with Crippen molar-refractivity contribution in [3.63, 3.8) is 0 Å². The Hall–Kier alpha value is -2.30. The number of fused-ring (bicyclic) bond motifs is 1. The van der Waals surface area contributed by atoms with Crippen molar-refractivity contribution in [2.24, 2.45) is 0 Å². The average Bonchev–Trinajstić information content (AvgIpc) is 2.72. The molecule has 1 heterocycles. The number of aryl methyl sites for hydroxylation is 1. The van der Waals surface area contributed by atoms with Crippen LogP contribution in [0.3, 0.4) is 0 Å². The molecule has 3 rings (SSSR count). The lowest BCUT2D eigenvalue weighted by molar-refractivity contribution is 0.547. The minimum Gasteiger partial charge on any atom is -0.338 e. The van der Waals surface area contributed by atoms with E-state index in [0.29, 0.717) is 23.2 Å². The highest BCUT2D eigenvalue weighted by Gasteiger charge is 2.17. The summed E-state index contributed by atoms with van der Waals surface area (Å²) in [5.74, 6) is -2.85. The smallest absolute Gasteiger partial charge is 0.144 e. The van der Waals surface area contributed by atoms with Gasteiger partial charge >= 0.3 is 0 Å². The number of hydrogen-bond donors (Lipinski definition) is 1. The molecular weight excluding hydrogens is 253 g/mol. The molecule has 0 aliphatic rings.